The lowest BCUT2D eigenvalue weighted by molar-refractivity contribution is 1.19. The number of halogens is 4. The second-order valence-corrected chi connectivity index (χ2v) is 14.2. The number of aromatic amines is 4. The van der Waals surface area contributed by atoms with Crippen LogP contribution < -0.4 is 21.4 Å². The van der Waals surface area contributed by atoms with Crippen molar-refractivity contribution in [2.75, 3.05) is 0 Å². The van der Waals surface area contributed by atoms with Gasteiger partial charge in [-0.2, -0.15) is 0 Å². The Hall–Kier alpha value is -5.36. The van der Waals surface area contributed by atoms with Crippen molar-refractivity contribution >= 4 is 68.7 Å². The van der Waals surface area contributed by atoms with Gasteiger partial charge in [0.1, 0.15) is 0 Å². The van der Waals surface area contributed by atoms with Crippen molar-refractivity contribution in [3.05, 3.63) is 232 Å². The third kappa shape index (κ3) is 5.65. The Bertz CT molecular complexity index is 2530. The summed E-state index contributed by atoms with van der Waals surface area (Å²) in [4.78, 5) is 15.0. The predicted molar refractivity (Wildman–Crippen MR) is 214 cm³/mol. The molecular formula is C44H28Cl4N4. The highest BCUT2D eigenvalue weighted by atomic mass is 35.5. The van der Waals surface area contributed by atoms with Crippen LogP contribution in [0.2, 0.25) is 20.1 Å². The molecule has 0 unspecified atom stereocenters. The summed E-state index contributed by atoms with van der Waals surface area (Å²) in [6.07, 6.45) is 0. The molecule has 52 heavy (non-hydrogen) atoms. The highest BCUT2D eigenvalue weighted by Gasteiger charge is 2.21. The molecule has 0 aliphatic carbocycles. The van der Waals surface area contributed by atoms with Gasteiger partial charge in [-0.05, 0) is 72.8 Å². The third-order valence-corrected chi connectivity index (χ3v) is 10.8. The Balaban J connectivity index is 1.47. The van der Waals surface area contributed by atoms with Gasteiger partial charge in [0.25, 0.3) is 0 Å². The van der Waals surface area contributed by atoms with E-state index in [1.807, 2.05) is 97.1 Å². The van der Waals surface area contributed by atoms with Crippen LogP contribution in [0.1, 0.15) is 45.0 Å². The van der Waals surface area contributed by atoms with Gasteiger partial charge in [0, 0.05) is 109 Å². The summed E-state index contributed by atoms with van der Waals surface area (Å²) in [5, 5.41) is 6.06. The average Bonchev–Trinajstić information content (AvgIpc) is 3.99. The van der Waals surface area contributed by atoms with E-state index in [1.54, 1.807) is 0 Å². The van der Waals surface area contributed by atoms with Gasteiger partial charge in [0.2, 0.25) is 0 Å². The maximum Gasteiger partial charge on any atom is 0.0486 e. The molecule has 9 rings (SSSR count). The van der Waals surface area contributed by atoms with Crippen molar-refractivity contribution in [1.29, 1.82) is 0 Å². The van der Waals surface area contributed by atoms with Crippen molar-refractivity contribution in [3.8, 4) is 0 Å². The molecule has 252 valence electrons. The molecule has 5 heterocycles. The lowest BCUT2D eigenvalue weighted by Crippen LogP contribution is -2.19. The first-order valence-electron chi connectivity index (χ1n) is 16.7. The normalized spacial score (nSPS) is 12.8. The topological polar surface area (TPSA) is 63.2 Å². The third-order valence-electron chi connectivity index (χ3n) is 9.47. The zero-order valence-electron chi connectivity index (χ0n) is 27.4. The van der Waals surface area contributed by atoms with Crippen molar-refractivity contribution in [2.45, 2.75) is 0 Å². The first-order chi connectivity index (χ1) is 25.4. The molecule has 0 saturated heterocycles. The van der Waals surface area contributed by atoms with Gasteiger partial charge >= 0.3 is 0 Å². The van der Waals surface area contributed by atoms with E-state index in [2.05, 4.69) is 68.5 Å². The molecule has 4 nitrogen and oxygen atoms in total. The van der Waals surface area contributed by atoms with Gasteiger partial charge in [-0.25, -0.2) is 0 Å². The Kier molecular flexibility index (Phi) is 8.33. The highest BCUT2D eigenvalue weighted by molar-refractivity contribution is 6.33. The van der Waals surface area contributed by atoms with Gasteiger partial charge in [-0.1, -0.05) is 119 Å². The fourth-order valence-electron chi connectivity index (χ4n) is 7.14. The van der Waals surface area contributed by atoms with Crippen LogP contribution in [0.15, 0.2) is 146 Å². The Labute approximate surface area is 319 Å². The van der Waals surface area contributed by atoms with Crippen LogP contribution in [0, 0.1) is 0 Å². The summed E-state index contributed by atoms with van der Waals surface area (Å²) in [7, 11) is 0. The first-order valence-corrected chi connectivity index (χ1v) is 18.2. The van der Waals surface area contributed by atoms with Crippen LogP contribution in [-0.4, -0.2) is 19.9 Å². The minimum absolute atomic E-state index is 0.635. The van der Waals surface area contributed by atoms with Crippen molar-refractivity contribution < 1.29 is 0 Å². The molecule has 1 aliphatic rings. The summed E-state index contributed by atoms with van der Waals surface area (Å²) in [5.41, 5.74) is 10.7. The van der Waals surface area contributed by atoms with Crippen LogP contribution in [-0.2, 0) is 0 Å². The molecule has 0 radical (unpaired) electrons. The SMILES string of the molecule is Clc1ccccc1C1=c2ccc([nH]2)=C(c2ccccc2Cl)c2ccc([nH]2)C(c2ccccc2Cl)=c2ccc([nH]2)=C(c2ccccc2Cl)c2ccc1[nH]2. The zero-order valence-corrected chi connectivity index (χ0v) is 30.4. The molecule has 8 bridgehead atoms. The lowest BCUT2D eigenvalue weighted by atomic mass is 10.0. The summed E-state index contributed by atoms with van der Waals surface area (Å²) < 4.78 is 0. The van der Waals surface area contributed by atoms with Crippen molar-refractivity contribution in [3.63, 3.8) is 0 Å². The molecule has 8 aromatic rings. The van der Waals surface area contributed by atoms with Gasteiger partial charge in [0.15, 0.2) is 0 Å². The van der Waals surface area contributed by atoms with Crippen LogP contribution in [0.25, 0.3) is 22.3 Å². The summed E-state index contributed by atoms with van der Waals surface area (Å²) in [6, 6.07) is 48.2. The summed E-state index contributed by atoms with van der Waals surface area (Å²) >= 11 is 27.7. The molecule has 0 saturated carbocycles. The van der Waals surface area contributed by atoms with Gasteiger partial charge < -0.3 is 19.9 Å². The van der Waals surface area contributed by atoms with E-state index in [-0.39, 0.29) is 0 Å². The molecule has 0 fully saturated rings. The molecular weight excluding hydrogens is 726 g/mol. The monoisotopic (exact) mass is 752 g/mol. The molecule has 0 atom stereocenters. The molecule has 0 amide bonds. The standard InChI is InChI=1S/C44H28Cl4N4/c45-29-13-5-1-9-25(29)41-33-17-19-35(49-33)42(26-10-2-6-14-30(26)46)37-21-23-39(51-37)44(28-12-4-8-16-32(28)48)40-24-22-38(52-40)43(36-20-18-34(41)50-36)27-11-3-7-15-31(27)47/h1-24,49-52H. The second kappa shape index (κ2) is 13.3. The predicted octanol–water partition coefficient (Wildman–Crippen LogP) is 8.92. The molecule has 0 spiro atoms. The highest BCUT2D eigenvalue weighted by Crippen LogP contribution is 2.33. The number of hydrogen-bond donors (Lipinski definition) is 4. The van der Waals surface area contributed by atoms with E-state index in [9.17, 15) is 0 Å². The zero-order chi connectivity index (χ0) is 35.3. The number of benzene rings is 4. The molecule has 4 N–H and O–H groups in total. The Morgan fingerprint density at radius 3 is 0.712 bits per heavy atom. The summed E-state index contributed by atoms with van der Waals surface area (Å²) in [5.74, 6) is 0. The molecule has 4 aromatic heterocycles. The number of rotatable bonds is 4. The Morgan fingerprint density at radius 2 is 0.481 bits per heavy atom. The van der Waals surface area contributed by atoms with Crippen molar-refractivity contribution in [1.82, 2.24) is 19.9 Å². The van der Waals surface area contributed by atoms with Gasteiger partial charge in [-0.15, -0.1) is 0 Å². The maximum absolute atomic E-state index is 6.94. The second-order valence-electron chi connectivity index (χ2n) is 12.6. The maximum atomic E-state index is 6.94. The number of nitrogens with one attached hydrogen (secondary N) is 4. The number of aromatic nitrogens is 4. The van der Waals surface area contributed by atoms with E-state index in [0.29, 0.717) is 20.1 Å². The van der Waals surface area contributed by atoms with E-state index < -0.39 is 0 Å². The largest absolute Gasteiger partial charge is 0.354 e. The average molecular weight is 755 g/mol. The first kappa shape index (κ1) is 32.5. The van der Waals surface area contributed by atoms with E-state index in [1.165, 1.54) is 0 Å². The molecule has 4 aromatic carbocycles. The minimum atomic E-state index is 0.635. The van der Waals surface area contributed by atoms with Crippen LogP contribution >= 0.6 is 46.4 Å². The quantitative estimate of drug-likeness (QED) is 0.139. The number of fused-ring (bicyclic) bond motifs is 8. The summed E-state index contributed by atoms with van der Waals surface area (Å²) in [6.45, 7) is 0. The van der Waals surface area contributed by atoms with Gasteiger partial charge in [-0.3, -0.25) is 0 Å². The minimum Gasteiger partial charge on any atom is -0.354 e. The number of hydrogen-bond acceptors (Lipinski definition) is 0. The van der Waals surface area contributed by atoms with E-state index in [0.717, 1.165) is 88.7 Å². The molecule has 8 heteroatoms. The van der Waals surface area contributed by atoms with Crippen LogP contribution in [0.4, 0.5) is 0 Å². The fourth-order valence-corrected chi connectivity index (χ4v) is 8.06. The van der Waals surface area contributed by atoms with Crippen molar-refractivity contribution in [2.24, 2.45) is 0 Å². The van der Waals surface area contributed by atoms with E-state index in [4.69, 9.17) is 46.4 Å². The van der Waals surface area contributed by atoms with E-state index >= 15 is 0 Å². The lowest BCUT2D eigenvalue weighted by Gasteiger charge is -2.11. The fraction of sp³-hybridized carbons (Fsp3) is 0. The molecule has 1 aliphatic heterocycles. The smallest absolute Gasteiger partial charge is 0.0486 e. The van der Waals surface area contributed by atoms with Gasteiger partial charge in [0.05, 0.1) is 0 Å². The van der Waals surface area contributed by atoms with Crippen LogP contribution in [0.3, 0.4) is 0 Å². The number of H-pyrrole nitrogens is 4. The van der Waals surface area contributed by atoms with Crippen LogP contribution in [0.5, 0.6) is 0 Å². The Morgan fingerprint density at radius 1 is 0.250 bits per heavy atom.